The molecular formula is C14H19NO3. The summed E-state index contributed by atoms with van der Waals surface area (Å²) < 4.78 is 9.80. The Morgan fingerprint density at radius 3 is 2.50 bits per heavy atom. The molecule has 18 heavy (non-hydrogen) atoms. The Labute approximate surface area is 107 Å². The molecule has 0 aliphatic heterocycles. The molecule has 0 aromatic heterocycles. The fourth-order valence-electron chi connectivity index (χ4n) is 2.06. The highest BCUT2D eigenvalue weighted by Crippen LogP contribution is 2.41. The molecule has 0 heterocycles. The lowest BCUT2D eigenvalue weighted by Gasteiger charge is -2.18. The standard InChI is InChI=1S/C14H19NO3/c1-17-12-7-5-11(6-8-12)14(10-3-4-10)15-9-13(16)18-2/h5-8,10,14-15H,3-4,9H2,1-2H3. The van der Waals surface area contributed by atoms with E-state index >= 15 is 0 Å². The van der Waals surface area contributed by atoms with Crippen molar-refractivity contribution >= 4 is 5.97 Å². The molecular weight excluding hydrogens is 230 g/mol. The minimum Gasteiger partial charge on any atom is -0.497 e. The van der Waals surface area contributed by atoms with Gasteiger partial charge in [0, 0.05) is 6.04 Å². The molecule has 4 nitrogen and oxygen atoms in total. The highest BCUT2D eigenvalue weighted by molar-refractivity contribution is 5.71. The van der Waals surface area contributed by atoms with E-state index in [1.54, 1.807) is 7.11 Å². The van der Waals surface area contributed by atoms with Crippen LogP contribution in [0.2, 0.25) is 0 Å². The van der Waals surface area contributed by atoms with Gasteiger partial charge in [-0.25, -0.2) is 0 Å². The molecule has 0 radical (unpaired) electrons. The highest BCUT2D eigenvalue weighted by Gasteiger charge is 2.32. The Kier molecular flexibility index (Phi) is 4.20. The number of rotatable bonds is 6. The predicted molar refractivity (Wildman–Crippen MR) is 68.5 cm³/mol. The second-order valence-electron chi connectivity index (χ2n) is 4.55. The number of hydrogen-bond acceptors (Lipinski definition) is 4. The fourth-order valence-corrected chi connectivity index (χ4v) is 2.06. The summed E-state index contributed by atoms with van der Waals surface area (Å²) in [4.78, 5) is 11.2. The van der Waals surface area contributed by atoms with Crippen LogP contribution in [-0.2, 0) is 9.53 Å². The Hall–Kier alpha value is -1.55. The lowest BCUT2D eigenvalue weighted by Crippen LogP contribution is -2.29. The summed E-state index contributed by atoms with van der Waals surface area (Å²) in [6, 6.07) is 8.22. The highest BCUT2D eigenvalue weighted by atomic mass is 16.5. The summed E-state index contributed by atoms with van der Waals surface area (Å²) in [5.41, 5.74) is 1.20. The Morgan fingerprint density at radius 1 is 1.33 bits per heavy atom. The van der Waals surface area contributed by atoms with Crippen LogP contribution in [-0.4, -0.2) is 26.7 Å². The number of benzene rings is 1. The van der Waals surface area contributed by atoms with Crippen LogP contribution in [0.5, 0.6) is 5.75 Å². The molecule has 1 unspecified atom stereocenters. The van der Waals surface area contributed by atoms with Crippen molar-refractivity contribution in [2.45, 2.75) is 18.9 Å². The van der Waals surface area contributed by atoms with E-state index in [0.29, 0.717) is 5.92 Å². The quantitative estimate of drug-likeness (QED) is 0.782. The second kappa shape index (κ2) is 5.87. The van der Waals surface area contributed by atoms with Crippen molar-refractivity contribution in [2.24, 2.45) is 5.92 Å². The predicted octanol–water partition coefficient (Wildman–Crippen LogP) is 1.91. The number of hydrogen-bond donors (Lipinski definition) is 1. The molecule has 1 aromatic carbocycles. The summed E-state index contributed by atoms with van der Waals surface area (Å²) in [6.07, 6.45) is 2.43. The molecule has 1 aliphatic carbocycles. The third-order valence-electron chi connectivity index (χ3n) is 3.26. The normalized spacial score (nSPS) is 16.1. The lowest BCUT2D eigenvalue weighted by molar-refractivity contribution is -0.139. The summed E-state index contributed by atoms with van der Waals surface area (Å²) in [5.74, 6) is 1.25. The van der Waals surface area contributed by atoms with Gasteiger partial charge in [-0.15, -0.1) is 0 Å². The van der Waals surface area contributed by atoms with Crippen molar-refractivity contribution in [3.8, 4) is 5.75 Å². The topological polar surface area (TPSA) is 47.6 Å². The molecule has 1 atom stereocenters. The van der Waals surface area contributed by atoms with Crippen molar-refractivity contribution in [3.63, 3.8) is 0 Å². The Bertz CT molecular complexity index is 398. The number of carbonyl (C=O) groups is 1. The van der Waals surface area contributed by atoms with Crippen molar-refractivity contribution in [2.75, 3.05) is 20.8 Å². The molecule has 1 aromatic rings. The minimum atomic E-state index is -0.228. The van der Waals surface area contributed by atoms with E-state index in [0.717, 1.165) is 5.75 Å². The van der Waals surface area contributed by atoms with Crippen molar-refractivity contribution in [1.82, 2.24) is 5.32 Å². The van der Waals surface area contributed by atoms with Crippen LogP contribution in [0.25, 0.3) is 0 Å². The number of nitrogens with one attached hydrogen (secondary N) is 1. The zero-order valence-electron chi connectivity index (χ0n) is 10.8. The zero-order chi connectivity index (χ0) is 13.0. The lowest BCUT2D eigenvalue weighted by atomic mass is 10.0. The molecule has 0 spiro atoms. The molecule has 1 aliphatic rings. The largest absolute Gasteiger partial charge is 0.497 e. The van der Waals surface area contributed by atoms with Crippen molar-refractivity contribution in [3.05, 3.63) is 29.8 Å². The molecule has 0 saturated heterocycles. The number of methoxy groups -OCH3 is 2. The number of esters is 1. The van der Waals surface area contributed by atoms with Crippen LogP contribution in [0, 0.1) is 5.92 Å². The first-order chi connectivity index (χ1) is 8.74. The smallest absolute Gasteiger partial charge is 0.319 e. The van der Waals surface area contributed by atoms with Gasteiger partial charge >= 0.3 is 5.97 Å². The average Bonchev–Trinajstić information content (AvgIpc) is 3.24. The molecule has 4 heteroatoms. The first-order valence-corrected chi connectivity index (χ1v) is 6.18. The SMILES string of the molecule is COC(=O)CNC(c1ccc(OC)cc1)C1CC1. The van der Waals surface area contributed by atoms with Gasteiger partial charge in [0.05, 0.1) is 20.8 Å². The molecule has 1 N–H and O–H groups in total. The third-order valence-corrected chi connectivity index (χ3v) is 3.26. The Balaban J connectivity index is 2.02. The van der Waals surface area contributed by atoms with Gasteiger partial charge in [0.2, 0.25) is 0 Å². The maximum Gasteiger partial charge on any atom is 0.319 e. The van der Waals surface area contributed by atoms with Crippen LogP contribution in [0.4, 0.5) is 0 Å². The van der Waals surface area contributed by atoms with E-state index in [2.05, 4.69) is 10.1 Å². The van der Waals surface area contributed by atoms with E-state index in [4.69, 9.17) is 4.74 Å². The number of ether oxygens (including phenoxy) is 2. The minimum absolute atomic E-state index is 0.228. The van der Waals surface area contributed by atoms with Gasteiger partial charge in [0.15, 0.2) is 0 Å². The van der Waals surface area contributed by atoms with Gasteiger partial charge in [-0.1, -0.05) is 12.1 Å². The van der Waals surface area contributed by atoms with Crippen LogP contribution in [0.3, 0.4) is 0 Å². The molecule has 98 valence electrons. The van der Waals surface area contributed by atoms with Gasteiger partial charge in [-0.2, -0.15) is 0 Å². The van der Waals surface area contributed by atoms with Gasteiger partial charge in [0.1, 0.15) is 5.75 Å². The van der Waals surface area contributed by atoms with Crippen molar-refractivity contribution in [1.29, 1.82) is 0 Å². The Morgan fingerprint density at radius 2 is 2.00 bits per heavy atom. The molecule has 1 saturated carbocycles. The molecule has 2 rings (SSSR count). The van der Waals surface area contributed by atoms with Gasteiger partial charge in [0.25, 0.3) is 0 Å². The third kappa shape index (κ3) is 3.23. The first kappa shape index (κ1) is 12.9. The summed E-state index contributed by atoms with van der Waals surface area (Å²) in [6.45, 7) is 0.254. The number of carbonyl (C=O) groups excluding carboxylic acids is 1. The fraction of sp³-hybridized carbons (Fsp3) is 0.500. The summed E-state index contributed by atoms with van der Waals surface area (Å²) >= 11 is 0. The molecule has 1 fully saturated rings. The zero-order valence-corrected chi connectivity index (χ0v) is 10.8. The summed E-state index contributed by atoms with van der Waals surface area (Å²) in [5, 5.41) is 3.27. The van der Waals surface area contributed by atoms with E-state index in [9.17, 15) is 4.79 Å². The maximum absolute atomic E-state index is 11.2. The maximum atomic E-state index is 11.2. The van der Waals surface area contributed by atoms with Gasteiger partial charge in [-0.3, -0.25) is 10.1 Å². The van der Waals surface area contributed by atoms with Crippen LogP contribution in [0.1, 0.15) is 24.4 Å². The average molecular weight is 249 g/mol. The first-order valence-electron chi connectivity index (χ1n) is 6.18. The van der Waals surface area contributed by atoms with Crippen LogP contribution >= 0.6 is 0 Å². The molecule has 0 bridgehead atoms. The van der Waals surface area contributed by atoms with Gasteiger partial charge < -0.3 is 9.47 Å². The van der Waals surface area contributed by atoms with E-state index in [1.807, 2.05) is 24.3 Å². The monoisotopic (exact) mass is 249 g/mol. The second-order valence-corrected chi connectivity index (χ2v) is 4.55. The van der Waals surface area contributed by atoms with Crippen molar-refractivity contribution < 1.29 is 14.3 Å². The van der Waals surface area contributed by atoms with Crippen LogP contribution in [0.15, 0.2) is 24.3 Å². The summed E-state index contributed by atoms with van der Waals surface area (Å²) in [7, 11) is 3.06. The van der Waals surface area contributed by atoms with Gasteiger partial charge in [-0.05, 0) is 36.5 Å². The van der Waals surface area contributed by atoms with E-state index in [1.165, 1.54) is 25.5 Å². The van der Waals surface area contributed by atoms with E-state index in [-0.39, 0.29) is 18.6 Å². The molecule has 0 amide bonds. The van der Waals surface area contributed by atoms with Crippen LogP contribution < -0.4 is 10.1 Å². The van der Waals surface area contributed by atoms with E-state index < -0.39 is 0 Å².